The van der Waals surface area contributed by atoms with Crippen LogP contribution in [-0.2, 0) is 21.3 Å². The molecule has 1 atom stereocenters. The number of nitriles is 1. The predicted molar refractivity (Wildman–Crippen MR) is 123 cm³/mol. The van der Waals surface area contributed by atoms with E-state index < -0.39 is 21.9 Å². The Labute approximate surface area is 195 Å². The quantitative estimate of drug-likeness (QED) is 0.354. The Bertz CT molecular complexity index is 1360. The number of rotatable bonds is 8. The van der Waals surface area contributed by atoms with Crippen molar-refractivity contribution >= 4 is 55.2 Å². The van der Waals surface area contributed by atoms with E-state index in [1.54, 1.807) is 23.6 Å². The van der Waals surface area contributed by atoms with Crippen LogP contribution in [0.1, 0.15) is 5.56 Å². The zero-order valence-electron chi connectivity index (χ0n) is 16.2. The van der Waals surface area contributed by atoms with Gasteiger partial charge in [-0.3, -0.25) is 10.1 Å². The molecule has 1 amide bonds. The summed E-state index contributed by atoms with van der Waals surface area (Å²) in [4.78, 5) is 13.5. The van der Waals surface area contributed by atoms with E-state index in [4.69, 9.17) is 4.18 Å². The number of benzene rings is 1. The number of hydrogen-bond donors (Lipinski definition) is 1. The van der Waals surface area contributed by atoms with Crippen molar-refractivity contribution in [2.24, 2.45) is 5.92 Å². The monoisotopic (exact) mass is 502 g/mol. The SMILES string of the molecule is N#CC(Cc1cccc(OS(=O)(=O)c2cccs2)c1)C(=O)Nc1nnc(-c2cccs2)s1. The summed E-state index contributed by atoms with van der Waals surface area (Å²) in [6.45, 7) is 0. The van der Waals surface area contributed by atoms with Crippen molar-refractivity contribution in [1.82, 2.24) is 10.2 Å². The maximum atomic E-state index is 12.6. The second kappa shape index (κ2) is 9.58. The Kier molecular flexibility index (Phi) is 6.61. The summed E-state index contributed by atoms with van der Waals surface area (Å²) in [7, 11) is -3.93. The Balaban J connectivity index is 1.43. The van der Waals surface area contributed by atoms with Crippen molar-refractivity contribution in [3.05, 3.63) is 64.9 Å². The summed E-state index contributed by atoms with van der Waals surface area (Å²) in [5.41, 5.74) is 0.585. The van der Waals surface area contributed by atoms with Crippen LogP contribution < -0.4 is 9.50 Å². The van der Waals surface area contributed by atoms with Crippen molar-refractivity contribution in [1.29, 1.82) is 5.26 Å². The molecule has 0 saturated heterocycles. The molecule has 3 aromatic heterocycles. The highest BCUT2D eigenvalue weighted by molar-refractivity contribution is 7.89. The Hall–Kier alpha value is -3.11. The Morgan fingerprint density at radius 2 is 1.94 bits per heavy atom. The summed E-state index contributed by atoms with van der Waals surface area (Å²) in [5, 5.41) is 24.7. The van der Waals surface area contributed by atoms with Crippen molar-refractivity contribution in [2.45, 2.75) is 10.6 Å². The zero-order chi connectivity index (χ0) is 22.6. The normalized spacial score (nSPS) is 12.1. The number of hydrogen-bond acceptors (Lipinski definition) is 10. The molecule has 12 heteroatoms. The van der Waals surface area contributed by atoms with Gasteiger partial charge in [0.25, 0.3) is 0 Å². The number of thiophene rings is 2. The first-order chi connectivity index (χ1) is 15.4. The highest BCUT2D eigenvalue weighted by Gasteiger charge is 2.22. The van der Waals surface area contributed by atoms with Crippen LogP contribution in [0.15, 0.2) is 63.5 Å². The third-order valence-corrected chi connectivity index (χ3v) is 8.63. The van der Waals surface area contributed by atoms with Crippen LogP contribution >= 0.6 is 34.0 Å². The lowest BCUT2D eigenvalue weighted by molar-refractivity contribution is -0.118. The van der Waals surface area contributed by atoms with Gasteiger partial charge in [0.1, 0.15) is 11.7 Å². The van der Waals surface area contributed by atoms with E-state index in [0.717, 1.165) is 16.2 Å². The fraction of sp³-hybridized carbons (Fsp3) is 0.100. The first-order valence-corrected chi connectivity index (χ1v) is 13.1. The minimum Gasteiger partial charge on any atom is -0.378 e. The van der Waals surface area contributed by atoms with Crippen LogP contribution in [0, 0.1) is 17.2 Å². The molecule has 162 valence electrons. The van der Waals surface area contributed by atoms with Crippen LogP contribution in [0.5, 0.6) is 5.75 Å². The van der Waals surface area contributed by atoms with E-state index >= 15 is 0 Å². The second-order valence-corrected chi connectivity index (χ2v) is 11.0. The van der Waals surface area contributed by atoms with Gasteiger partial charge in [0.15, 0.2) is 9.22 Å². The topological polar surface area (TPSA) is 122 Å². The van der Waals surface area contributed by atoms with E-state index in [0.29, 0.717) is 15.7 Å². The van der Waals surface area contributed by atoms with Crippen LogP contribution in [0.2, 0.25) is 0 Å². The number of nitrogens with one attached hydrogen (secondary N) is 1. The predicted octanol–water partition coefficient (Wildman–Crippen LogP) is 4.42. The molecule has 0 aliphatic carbocycles. The maximum absolute atomic E-state index is 12.6. The molecule has 32 heavy (non-hydrogen) atoms. The Morgan fingerprint density at radius 3 is 2.66 bits per heavy atom. The van der Waals surface area contributed by atoms with Crippen LogP contribution in [0.25, 0.3) is 9.88 Å². The third kappa shape index (κ3) is 5.20. The van der Waals surface area contributed by atoms with Gasteiger partial charge in [-0.05, 0) is 47.0 Å². The summed E-state index contributed by atoms with van der Waals surface area (Å²) < 4.78 is 29.9. The molecule has 4 aromatic rings. The largest absolute Gasteiger partial charge is 0.378 e. The second-order valence-electron chi connectivity index (χ2n) is 6.38. The molecule has 0 spiro atoms. The van der Waals surface area contributed by atoms with Crippen LogP contribution in [-0.4, -0.2) is 24.5 Å². The zero-order valence-corrected chi connectivity index (χ0v) is 19.4. The molecule has 0 radical (unpaired) electrons. The summed E-state index contributed by atoms with van der Waals surface area (Å²) in [6, 6.07) is 15.2. The first kappa shape index (κ1) is 22.1. The van der Waals surface area contributed by atoms with Gasteiger partial charge in [-0.1, -0.05) is 35.6 Å². The average Bonchev–Trinajstić information content (AvgIpc) is 3.54. The first-order valence-electron chi connectivity index (χ1n) is 9.09. The van der Waals surface area contributed by atoms with Gasteiger partial charge in [0.05, 0.1) is 10.9 Å². The third-order valence-electron chi connectivity index (χ3n) is 4.15. The Morgan fingerprint density at radius 1 is 1.12 bits per heavy atom. The maximum Gasteiger partial charge on any atom is 0.348 e. The number of carbonyl (C=O) groups is 1. The van der Waals surface area contributed by atoms with E-state index in [9.17, 15) is 18.5 Å². The van der Waals surface area contributed by atoms with Crippen molar-refractivity contribution in [2.75, 3.05) is 5.32 Å². The van der Waals surface area contributed by atoms with Gasteiger partial charge < -0.3 is 4.18 Å². The highest BCUT2D eigenvalue weighted by atomic mass is 32.3. The highest BCUT2D eigenvalue weighted by Crippen LogP contribution is 2.30. The smallest absolute Gasteiger partial charge is 0.348 e. The minimum atomic E-state index is -3.93. The molecule has 0 fully saturated rings. The fourth-order valence-corrected chi connectivity index (χ4v) is 6.11. The van der Waals surface area contributed by atoms with Crippen molar-refractivity contribution in [3.8, 4) is 21.7 Å². The van der Waals surface area contributed by atoms with Crippen molar-refractivity contribution in [3.63, 3.8) is 0 Å². The summed E-state index contributed by atoms with van der Waals surface area (Å²) in [6.07, 6.45) is 0.0785. The van der Waals surface area contributed by atoms with E-state index in [2.05, 4.69) is 15.5 Å². The lowest BCUT2D eigenvalue weighted by atomic mass is 10.00. The molecule has 0 bridgehead atoms. The number of carbonyl (C=O) groups excluding carboxylic acids is 1. The van der Waals surface area contributed by atoms with Gasteiger partial charge in [-0.15, -0.1) is 32.9 Å². The molecule has 3 heterocycles. The number of aromatic nitrogens is 2. The van der Waals surface area contributed by atoms with Gasteiger partial charge in [0, 0.05) is 0 Å². The molecule has 0 aliphatic rings. The van der Waals surface area contributed by atoms with Gasteiger partial charge in [0.2, 0.25) is 11.0 Å². The number of amides is 1. The standard InChI is InChI=1S/C20H14N4O4S4/c21-12-14(18(25)22-20-24-23-19(31-20)16-6-2-8-29-16)10-13-4-1-5-15(11-13)28-32(26,27)17-7-3-9-30-17/h1-9,11,14H,10H2,(H,22,24,25). The van der Waals surface area contributed by atoms with Crippen LogP contribution in [0.3, 0.4) is 0 Å². The number of nitrogens with zero attached hydrogens (tertiary/aromatic N) is 3. The summed E-state index contributed by atoms with van der Waals surface area (Å²) >= 11 is 3.79. The minimum absolute atomic E-state index is 0.0785. The molecule has 0 saturated carbocycles. The van der Waals surface area contributed by atoms with Crippen LogP contribution in [0.4, 0.5) is 5.13 Å². The lowest BCUT2D eigenvalue weighted by Gasteiger charge is -2.10. The molecule has 8 nitrogen and oxygen atoms in total. The summed E-state index contributed by atoms with van der Waals surface area (Å²) in [5.74, 6) is -1.41. The van der Waals surface area contributed by atoms with Crippen molar-refractivity contribution < 1.29 is 17.4 Å². The lowest BCUT2D eigenvalue weighted by Crippen LogP contribution is -2.23. The van der Waals surface area contributed by atoms with E-state index in [1.165, 1.54) is 40.9 Å². The molecule has 1 aromatic carbocycles. The van der Waals surface area contributed by atoms with Gasteiger partial charge in [-0.2, -0.15) is 13.7 Å². The average molecular weight is 503 g/mol. The van der Waals surface area contributed by atoms with Gasteiger partial charge in [-0.25, -0.2) is 0 Å². The molecule has 1 unspecified atom stereocenters. The molecular weight excluding hydrogens is 489 g/mol. The van der Waals surface area contributed by atoms with Gasteiger partial charge >= 0.3 is 10.1 Å². The fourth-order valence-electron chi connectivity index (χ4n) is 2.70. The molecular formula is C20H14N4O4S4. The van der Waals surface area contributed by atoms with E-state index in [-0.39, 0.29) is 16.4 Å². The number of anilines is 1. The molecule has 0 aliphatic heterocycles. The molecule has 1 N–H and O–H groups in total. The molecule has 4 rings (SSSR count). The van der Waals surface area contributed by atoms with E-state index in [1.807, 2.05) is 23.6 Å².